The molecule has 1 saturated heterocycles. The fourth-order valence-corrected chi connectivity index (χ4v) is 4.66. The van der Waals surface area contributed by atoms with Gasteiger partial charge in [-0.1, -0.05) is 26.2 Å². The summed E-state index contributed by atoms with van der Waals surface area (Å²) in [7, 11) is 0. The van der Waals surface area contributed by atoms with Crippen molar-refractivity contribution in [3.63, 3.8) is 0 Å². The van der Waals surface area contributed by atoms with E-state index in [1.54, 1.807) is 12.2 Å². The van der Waals surface area contributed by atoms with Gasteiger partial charge >= 0.3 is 0 Å². The van der Waals surface area contributed by atoms with Gasteiger partial charge in [-0.15, -0.1) is 0 Å². The minimum Gasteiger partial charge on any atom is -0.356 e. The van der Waals surface area contributed by atoms with Crippen molar-refractivity contribution in [3.8, 4) is 0 Å². The van der Waals surface area contributed by atoms with Crippen LogP contribution < -0.4 is 5.73 Å². The molecular formula is C16H21NO2. The number of fused-ring (bicyclic) bond motifs is 4. The number of ether oxygens (including phenoxy) is 1. The molecule has 3 fully saturated rings. The third-order valence-electron chi connectivity index (χ3n) is 5.82. The molecule has 2 bridgehead atoms. The molecule has 0 unspecified atom stereocenters. The summed E-state index contributed by atoms with van der Waals surface area (Å²) in [5.41, 5.74) is 7.41. The molecule has 1 spiro atoms. The Morgan fingerprint density at radius 1 is 1.37 bits per heavy atom. The van der Waals surface area contributed by atoms with Crippen LogP contribution in [-0.4, -0.2) is 23.5 Å². The highest BCUT2D eigenvalue weighted by molar-refractivity contribution is 6.02. The smallest absolute Gasteiger partial charge is 0.178 e. The van der Waals surface area contributed by atoms with Crippen LogP contribution in [-0.2, 0) is 9.53 Å². The molecule has 1 aliphatic heterocycles. The van der Waals surface area contributed by atoms with Crippen molar-refractivity contribution in [2.45, 2.75) is 56.8 Å². The number of hydrogen-bond acceptors (Lipinski definition) is 3. The first-order valence-electron chi connectivity index (χ1n) is 7.47. The summed E-state index contributed by atoms with van der Waals surface area (Å²) in [4.78, 5) is 11.8. The Hall–Kier alpha value is -0.930. The van der Waals surface area contributed by atoms with Crippen LogP contribution in [0.5, 0.6) is 0 Å². The molecule has 5 atom stereocenters. The summed E-state index contributed by atoms with van der Waals surface area (Å²) < 4.78 is 6.09. The number of hydrogen-bond donors (Lipinski definition) is 1. The molecule has 0 amide bonds. The number of ketones is 1. The van der Waals surface area contributed by atoms with Gasteiger partial charge in [-0.3, -0.25) is 4.79 Å². The van der Waals surface area contributed by atoms with E-state index in [-0.39, 0.29) is 28.9 Å². The van der Waals surface area contributed by atoms with Crippen LogP contribution in [0.4, 0.5) is 0 Å². The molecule has 0 aromatic rings. The van der Waals surface area contributed by atoms with Gasteiger partial charge in [0.05, 0.1) is 0 Å². The minimum atomic E-state index is -0.277. The molecule has 102 valence electrons. The van der Waals surface area contributed by atoms with Crippen LogP contribution in [0.15, 0.2) is 23.8 Å². The van der Waals surface area contributed by atoms with E-state index < -0.39 is 0 Å². The second kappa shape index (κ2) is 3.58. The third kappa shape index (κ3) is 1.38. The van der Waals surface area contributed by atoms with E-state index in [9.17, 15) is 4.79 Å². The van der Waals surface area contributed by atoms with Gasteiger partial charge in [-0.25, -0.2) is 0 Å². The normalized spacial score (nSPS) is 51.6. The maximum absolute atomic E-state index is 11.8. The molecule has 19 heavy (non-hydrogen) atoms. The molecule has 2 saturated carbocycles. The van der Waals surface area contributed by atoms with Gasteiger partial charge in [0.15, 0.2) is 5.78 Å². The molecule has 3 aliphatic carbocycles. The summed E-state index contributed by atoms with van der Waals surface area (Å²) in [6.07, 6.45) is 11.7. The molecule has 0 radical (unpaired) electrons. The lowest BCUT2D eigenvalue weighted by atomic mass is 9.55. The average Bonchev–Trinajstić information content (AvgIpc) is 3.09. The van der Waals surface area contributed by atoms with Gasteiger partial charge in [0.2, 0.25) is 0 Å². The van der Waals surface area contributed by atoms with E-state index in [4.69, 9.17) is 10.5 Å². The lowest BCUT2D eigenvalue weighted by Gasteiger charge is -2.48. The van der Waals surface area contributed by atoms with Crippen molar-refractivity contribution in [2.24, 2.45) is 17.1 Å². The lowest BCUT2D eigenvalue weighted by molar-refractivity contribution is -0.110. The van der Waals surface area contributed by atoms with Gasteiger partial charge in [-0.05, 0) is 36.6 Å². The maximum Gasteiger partial charge on any atom is 0.178 e. The van der Waals surface area contributed by atoms with E-state index in [1.165, 1.54) is 19.3 Å². The fraction of sp³-hybridized carbons (Fsp3) is 0.688. The molecule has 4 aliphatic rings. The predicted molar refractivity (Wildman–Crippen MR) is 72.5 cm³/mol. The van der Waals surface area contributed by atoms with Gasteiger partial charge in [0.25, 0.3) is 0 Å². The zero-order valence-corrected chi connectivity index (χ0v) is 11.4. The quantitative estimate of drug-likeness (QED) is 0.678. The van der Waals surface area contributed by atoms with Gasteiger partial charge < -0.3 is 10.5 Å². The standard InChI is InChI=1S/C16H21NO2/c1-15-7-4-2-3-5-11(13(15)17)14-16(19-14)8-6-10(18)9-12(15)16/h6,8-9,11,13-14H,2-5,7,17H2,1H3/t11-,13+,14+,15-,16-/m1/s1. The van der Waals surface area contributed by atoms with Crippen molar-refractivity contribution < 1.29 is 9.53 Å². The first kappa shape index (κ1) is 11.9. The van der Waals surface area contributed by atoms with Crippen molar-refractivity contribution >= 4 is 5.78 Å². The second-order valence-electron chi connectivity index (χ2n) is 6.83. The number of epoxide rings is 1. The molecular weight excluding hydrogens is 238 g/mol. The highest BCUT2D eigenvalue weighted by Gasteiger charge is 2.70. The highest BCUT2D eigenvalue weighted by Crippen LogP contribution is 2.64. The topological polar surface area (TPSA) is 55.6 Å². The second-order valence-corrected chi connectivity index (χ2v) is 6.83. The summed E-state index contributed by atoms with van der Waals surface area (Å²) >= 11 is 0. The molecule has 3 nitrogen and oxygen atoms in total. The lowest BCUT2D eigenvalue weighted by Crippen LogP contribution is -2.56. The SMILES string of the molecule is C[C@]12CCCCC[C@H]([C@@H]1N)[C@@H]1O[C@@]13C=CC(=O)C=C23. The summed E-state index contributed by atoms with van der Waals surface area (Å²) in [5, 5.41) is 0. The molecule has 3 heteroatoms. The van der Waals surface area contributed by atoms with Crippen LogP contribution >= 0.6 is 0 Å². The number of nitrogens with two attached hydrogens (primary N) is 1. The Balaban J connectivity index is 1.85. The van der Waals surface area contributed by atoms with Crippen LogP contribution in [0.1, 0.15) is 39.0 Å². The summed E-state index contributed by atoms with van der Waals surface area (Å²) in [5.74, 6) is 0.532. The van der Waals surface area contributed by atoms with E-state index in [0.29, 0.717) is 5.92 Å². The number of rotatable bonds is 0. The van der Waals surface area contributed by atoms with E-state index >= 15 is 0 Å². The fourth-order valence-electron chi connectivity index (χ4n) is 4.66. The van der Waals surface area contributed by atoms with Gasteiger partial charge in [0.1, 0.15) is 11.7 Å². The Morgan fingerprint density at radius 3 is 3.05 bits per heavy atom. The largest absolute Gasteiger partial charge is 0.356 e. The number of carbonyl (C=O) groups is 1. The van der Waals surface area contributed by atoms with Crippen LogP contribution in [0.25, 0.3) is 0 Å². The zero-order valence-electron chi connectivity index (χ0n) is 11.4. The van der Waals surface area contributed by atoms with Crippen molar-refractivity contribution in [1.29, 1.82) is 0 Å². The summed E-state index contributed by atoms with van der Waals surface area (Å²) in [6.45, 7) is 2.24. The highest BCUT2D eigenvalue weighted by atomic mass is 16.6. The Bertz CT molecular complexity index is 509. The number of carbonyl (C=O) groups excluding carboxylic acids is 1. The Kier molecular flexibility index (Phi) is 2.24. The average molecular weight is 259 g/mol. The molecule has 0 aromatic heterocycles. The first-order valence-corrected chi connectivity index (χ1v) is 7.47. The van der Waals surface area contributed by atoms with Crippen LogP contribution in [0.2, 0.25) is 0 Å². The van der Waals surface area contributed by atoms with Crippen molar-refractivity contribution in [2.75, 3.05) is 0 Å². The predicted octanol–water partition coefficient (Wildman–Crippen LogP) is 2.12. The van der Waals surface area contributed by atoms with E-state index in [2.05, 4.69) is 6.92 Å². The van der Waals surface area contributed by atoms with Crippen molar-refractivity contribution in [1.82, 2.24) is 0 Å². The van der Waals surface area contributed by atoms with Gasteiger partial charge in [-0.2, -0.15) is 0 Å². The summed E-state index contributed by atoms with van der Waals surface area (Å²) in [6, 6.07) is 0.124. The van der Waals surface area contributed by atoms with E-state index in [0.717, 1.165) is 18.4 Å². The monoisotopic (exact) mass is 259 g/mol. The molecule has 0 aromatic carbocycles. The minimum absolute atomic E-state index is 0.0709. The van der Waals surface area contributed by atoms with Gasteiger partial charge in [0, 0.05) is 17.4 Å². The van der Waals surface area contributed by atoms with Crippen LogP contribution in [0, 0.1) is 11.3 Å². The maximum atomic E-state index is 11.8. The molecule has 2 N–H and O–H groups in total. The zero-order chi connectivity index (χ0) is 13.3. The first-order chi connectivity index (χ1) is 9.08. The Morgan fingerprint density at radius 2 is 2.21 bits per heavy atom. The van der Waals surface area contributed by atoms with Crippen molar-refractivity contribution in [3.05, 3.63) is 23.8 Å². The number of allylic oxidation sites excluding steroid dienone is 2. The Labute approximate surface area is 113 Å². The van der Waals surface area contributed by atoms with E-state index in [1.807, 2.05) is 6.08 Å². The third-order valence-corrected chi connectivity index (χ3v) is 5.82. The van der Waals surface area contributed by atoms with Crippen LogP contribution in [0.3, 0.4) is 0 Å². The molecule has 4 rings (SSSR count). The molecule has 1 heterocycles.